The molecule has 0 radical (unpaired) electrons. The third-order valence-corrected chi connectivity index (χ3v) is 4.97. The van der Waals surface area contributed by atoms with E-state index in [2.05, 4.69) is 0 Å². The molecule has 3 unspecified atom stereocenters. The van der Waals surface area contributed by atoms with Gasteiger partial charge in [0.05, 0.1) is 11.1 Å². The number of ether oxygens (including phenoxy) is 2. The van der Waals surface area contributed by atoms with Crippen LogP contribution in [-0.2, 0) is 9.47 Å². The smallest absolute Gasteiger partial charge is 0.341 e. The number of carbonyl (C=O) groups excluding carboxylic acids is 2. The van der Waals surface area contributed by atoms with Gasteiger partial charge in [-0.3, -0.25) is 0 Å². The summed E-state index contributed by atoms with van der Waals surface area (Å²) in [6.07, 6.45) is -2.83. The van der Waals surface area contributed by atoms with Gasteiger partial charge in [-0.2, -0.15) is 0 Å². The van der Waals surface area contributed by atoms with Gasteiger partial charge in [0.15, 0.2) is 6.10 Å². The van der Waals surface area contributed by atoms with Gasteiger partial charge in [-0.05, 0) is 42.5 Å². The molecule has 0 spiro atoms. The lowest BCUT2D eigenvalue weighted by Gasteiger charge is -2.39. The lowest BCUT2D eigenvalue weighted by Crippen LogP contribution is -2.56. The topological polar surface area (TPSA) is 93.1 Å². The Labute approximate surface area is 177 Å². The minimum atomic E-state index is -2.27. The molecule has 2 N–H and O–H groups in total. The molecule has 0 aliphatic heterocycles. The molecule has 0 saturated heterocycles. The van der Waals surface area contributed by atoms with E-state index in [0.717, 1.165) is 0 Å². The van der Waals surface area contributed by atoms with E-state index >= 15 is 0 Å². The first-order valence-corrected chi connectivity index (χ1v) is 9.80. The van der Waals surface area contributed by atoms with Crippen LogP contribution in [0.1, 0.15) is 59.5 Å². The van der Waals surface area contributed by atoms with Crippen LogP contribution in [0.25, 0.3) is 0 Å². The predicted octanol–water partition coefficient (Wildman–Crippen LogP) is 3.80. The Balaban J connectivity index is 2.35. The summed E-state index contributed by atoms with van der Waals surface area (Å²) in [7, 11) is 0. The first-order valence-electron chi connectivity index (χ1n) is 9.80. The summed E-state index contributed by atoms with van der Waals surface area (Å²) in [6, 6.07) is 13.6. The van der Waals surface area contributed by atoms with Crippen molar-refractivity contribution in [2.45, 2.75) is 59.5 Å². The van der Waals surface area contributed by atoms with Crippen LogP contribution < -0.4 is 0 Å². The van der Waals surface area contributed by atoms with E-state index in [-0.39, 0.29) is 5.56 Å². The molecule has 2 aromatic rings. The number of aliphatic hydroxyl groups is 2. The van der Waals surface area contributed by atoms with Crippen LogP contribution in [0.15, 0.2) is 48.5 Å². The van der Waals surface area contributed by atoms with Gasteiger partial charge in [-0.25, -0.2) is 9.59 Å². The van der Waals surface area contributed by atoms with E-state index in [9.17, 15) is 19.8 Å². The van der Waals surface area contributed by atoms with Gasteiger partial charge in [0.1, 0.15) is 6.10 Å². The van der Waals surface area contributed by atoms with Gasteiger partial charge in [0.2, 0.25) is 5.79 Å². The summed E-state index contributed by atoms with van der Waals surface area (Å²) in [5.41, 5.74) is 1.15. The van der Waals surface area contributed by atoms with Crippen molar-refractivity contribution in [3.05, 3.63) is 70.8 Å². The van der Waals surface area contributed by atoms with Gasteiger partial charge in [-0.1, -0.05) is 57.2 Å². The number of benzene rings is 2. The first kappa shape index (κ1) is 23.6. The van der Waals surface area contributed by atoms with Gasteiger partial charge in [0.25, 0.3) is 0 Å². The molecular weight excluding hydrogens is 384 g/mol. The average molecular weight is 414 g/mol. The van der Waals surface area contributed by atoms with Crippen LogP contribution in [0.4, 0.5) is 0 Å². The number of esters is 2. The zero-order valence-electron chi connectivity index (χ0n) is 18.3. The van der Waals surface area contributed by atoms with Crippen molar-refractivity contribution in [3.8, 4) is 0 Å². The van der Waals surface area contributed by atoms with E-state index in [4.69, 9.17) is 9.47 Å². The zero-order chi connectivity index (χ0) is 22.7. The number of aryl methyl sites for hydroxylation is 2. The highest BCUT2D eigenvalue weighted by molar-refractivity contribution is 5.92. The monoisotopic (exact) mass is 414 g/mol. The van der Waals surface area contributed by atoms with Crippen molar-refractivity contribution >= 4 is 11.9 Å². The van der Waals surface area contributed by atoms with Gasteiger partial charge in [0, 0.05) is 6.92 Å². The summed E-state index contributed by atoms with van der Waals surface area (Å²) in [4.78, 5) is 25.4. The molecule has 6 heteroatoms. The molecule has 0 aromatic heterocycles. The Kier molecular flexibility index (Phi) is 7.06. The second kappa shape index (κ2) is 8.98. The molecule has 162 valence electrons. The van der Waals surface area contributed by atoms with Crippen molar-refractivity contribution in [3.63, 3.8) is 0 Å². The Hall–Kier alpha value is -2.70. The molecular formula is C24H30O6. The quantitative estimate of drug-likeness (QED) is 0.552. The highest BCUT2D eigenvalue weighted by atomic mass is 16.7. The van der Waals surface area contributed by atoms with Gasteiger partial charge < -0.3 is 19.7 Å². The maximum atomic E-state index is 12.8. The molecule has 0 bridgehead atoms. The lowest BCUT2D eigenvalue weighted by molar-refractivity contribution is -0.245. The Bertz CT molecular complexity index is 910. The number of hydrogen-bond acceptors (Lipinski definition) is 6. The zero-order valence-corrected chi connectivity index (χ0v) is 18.3. The average Bonchev–Trinajstić information content (AvgIpc) is 2.64. The summed E-state index contributed by atoms with van der Waals surface area (Å²) in [6.45, 7) is 9.88. The first-order chi connectivity index (χ1) is 13.8. The van der Waals surface area contributed by atoms with E-state index in [1.54, 1.807) is 83.1 Å². The van der Waals surface area contributed by atoms with Crippen molar-refractivity contribution < 1.29 is 29.3 Å². The standard InChI is InChI=1S/C24H30O6/c1-15-11-7-9-13-17(15)21(26)29-20(19(25)23(3,4)5)24(6,28)30-22(27)18-14-10-8-12-16(18)2/h7-14,19-20,25,28H,1-6H3. The predicted molar refractivity (Wildman–Crippen MR) is 113 cm³/mol. The van der Waals surface area contributed by atoms with E-state index in [0.29, 0.717) is 16.7 Å². The van der Waals surface area contributed by atoms with Crippen molar-refractivity contribution in [1.82, 2.24) is 0 Å². The fourth-order valence-corrected chi connectivity index (χ4v) is 3.00. The Morgan fingerprint density at radius 1 is 0.833 bits per heavy atom. The second-order valence-corrected chi connectivity index (χ2v) is 8.71. The second-order valence-electron chi connectivity index (χ2n) is 8.71. The molecule has 0 aliphatic rings. The van der Waals surface area contributed by atoms with Crippen LogP contribution in [-0.4, -0.2) is 40.1 Å². The van der Waals surface area contributed by atoms with Gasteiger partial charge in [-0.15, -0.1) is 0 Å². The summed E-state index contributed by atoms with van der Waals surface area (Å²) in [5.74, 6) is -3.78. The van der Waals surface area contributed by atoms with E-state index in [1.165, 1.54) is 6.92 Å². The minimum Gasteiger partial charge on any atom is -0.449 e. The maximum absolute atomic E-state index is 12.8. The molecule has 0 fully saturated rings. The lowest BCUT2D eigenvalue weighted by atomic mass is 9.83. The molecule has 0 aliphatic carbocycles. The summed E-state index contributed by atoms with van der Waals surface area (Å²) >= 11 is 0. The number of carbonyl (C=O) groups is 2. The molecule has 6 nitrogen and oxygen atoms in total. The fraction of sp³-hybridized carbons (Fsp3) is 0.417. The van der Waals surface area contributed by atoms with E-state index in [1.807, 2.05) is 0 Å². The highest BCUT2D eigenvalue weighted by Crippen LogP contribution is 2.31. The van der Waals surface area contributed by atoms with Crippen molar-refractivity contribution in [2.75, 3.05) is 0 Å². The SMILES string of the molecule is Cc1ccccc1C(=O)OC(C(O)C(C)(C)C)C(C)(O)OC(=O)c1ccccc1C. The normalized spacial score (nSPS) is 15.6. The van der Waals surface area contributed by atoms with Crippen LogP contribution in [0.3, 0.4) is 0 Å². The molecule has 3 atom stereocenters. The number of hydrogen-bond donors (Lipinski definition) is 2. The molecule has 2 rings (SSSR count). The summed E-state index contributed by atoms with van der Waals surface area (Å²) in [5, 5.41) is 21.9. The van der Waals surface area contributed by atoms with Crippen LogP contribution in [0.2, 0.25) is 0 Å². The molecule has 30 heavy (non-hydrogen) atoms. The molecule has 0 heterocycles. The fourth-order valence-electron chi connectivity index (χ4n) is 3.00. The molecule has 2 aromatic carbocycles. The van der Waals surface area contributed by atoms with Crippen molar-refractivity contribution in [1.29, 1.82) is 0 Å². The third kappa shape index (κ3) is 5.46. The largest absolute Gasteiger partial charge is 0.449 e. The third-order valence-electron chi connectivity index (χ3n) is 4.97. The van der Waals surface area contributed by atoms with Crippen LogP contribution in [0.5, 0.6) is 0 Å². The maximum Gasteiger partial charge on any atom is 0.341 e. The Morgan fingerprint density at radius 2 is 1.27 bits per heavy atom. The number of rotatable bonds is 6. The van der Waals surface area contributed by atoms with Gasteiger partial charge >= 0.3 is 11.9 Å². The number of aliphatic hydroxyl groups excluding tert-OH is 1. The van der Waals surface area contributed by atoms with E-state index < -0.39 is 35.3 Å². The molecule has 0 amide bonds. The molecule has 0 saturated carbocycles. The Morgan fingerprint density at radius 3 is 1.70 bits per heavy atom. The van der Waals surface area contributed by atoms with Crippen LogP contribution in [0, 0.1) is 19.3 Å². The van der Waals surface area contributed by atoms with Crippen LogP contribution >= 0.6 is 0 Å². The highest BCUT2D eigenvalue weighted by Gasteiger charge is 2.48. The van der Waals surface area contributed by atoms with Crippen molar-refractivity contribution in [2.24, 2.45) is 5.41 Å². The minimum absolute atomic E-state index is 0.270. The summed E-state index contributed by atoms with van der Waals surface area (Å²) < 4.78 is 10.9.